The van der Waals surface area contributed by atoms with E-state index in [9.17, 15) is 20.0 Å². The molecule has 0 unspecified atom stereocenters. The molecule has 6 heteroatoms. The summed E-state index contributed by atoms with van der Waals surface area (Å²) in [5, 5.41) is 20.7. The minimum absolute atomic E-state index is 0.0612. The highest BCUT2D eigenvalue weighted by Crippen LogP contribution is 2.31. The molecule has 1 aliphatic rings. The number of phenolic OH excluding ortho intramolecular Hbond substituents is 1. The summed E-state index contributed by atoms with van der Waals surface area (Å²) in [4.78, 5) is 25.3. The second-order valence-corrected chi connectivity index (χ2v) is 6.30. The molecule has 26 heavy (non-hydrogen) atoms. The van der Waals surface area contributed by atoms with Gasteiger partial charge in [0.2, 0.25) is 0 Å². The number of benzene rings is 2. The first-order chi connectivity index (χ1) is 12.5. The van der Waals surface area contributed by atoms with Crippen LogP contribution in [0.15, 0.2) is 48.5 Å². The Labute approximate surface area is 151 Å². The fourth-order valence-electron chi connectivity index (χ4n) is 3.09. The third-order valence-electron chi connectivity index (χ3n) is 4.47. The Morgan fingerprint density at radius 2 is 1.77 bits per heavy atom. The van der Waals surface area contributed by atoms with E-state index >= 15 is 0 Å². The molecule has 1 fully saturated rings. The summed E-state index contributed by atoms with van der Waals surface area (Å²) in [5.41, 5.74) is 1.74. The van der Waals surface area contributed by atoms with E-state index in [-0.39, 0.29) is 22.1 Å². The number of ketones is 1. The number of piperidine rings is 1. The number of hydrogen-bond acceptors (Lipinski definition) is 5. The normalized spacial score (nSPS) is 14.5. The Kier molecular flexibility index (Phi) is 5.31. The SMILES string of the molecule is O=C(C=Cc1ccc(N2CCCCC2)c([N+](=O)[O-])c1)c1ccc(O)cc1. The van der Waals surface area contributed by atoms with Gasteiger partial charge in [0, 0.05) is 24.7 Å². The van der Waals surface area contributed by atoms with E-state index in [1.54, 1.807) is 18.2 Å². The Balaban J connectivity index is 1.81. The van der Waals surface area contributed by atoms with Crippen LogP contribution < -0.4 is 4.90 Å². The van der Waals surface area contributed by atoms with Crippen molar-refractivity contribution < 1.29 is 14.8 Å². The molecule has 0 saturated carbocycles. The minimum Gasteiger partial charge on any atom is -0.508 e. The van der Waals surface area contributed by atoms with Crippen molar-refractivity contribution in [3.8, 4) is 5.75 Å². The van der Waals surface area contributed by atoms with Crippen molar-refractivity contribution in [1.82, 2.24) is 0 Å². The molecule has 1 aliphatic heterocycles. The highest BCUT2D eigenvalue weighted by atomic mass is 16.6. The van der Waals surface area contributed by atoms with Gasteiger partial charge in [-0.25, -0.2) is 0 Å². The Morgan fingerprint density at radius 1 is 1.08 bits per heavy atom. The summed E-state index contributed by atoms with van der Waals surface area (Å²) in [6.45, 7) is 1.66. The summed E-state index contributed by atoms with van der Waals surface area (Å²) >= 11 is 0. The van der Waals surface area contributed by atoms with Crippen molar-refractivity contribution in [3.63, 3.8) is 0 Å². The van der Waals surface area contributed by atoms with Crippen LogP contribution >= 0.6 is 0 Å². The summed E-state index contributed by atoms with van der Waals surface area (Å²) in [7, 11) is 0. The fraction of sp³-hybridized carbons (Fsp3) is 0.250. The maximum Gasteiger partial charge on any atom is 0.293 e. The predicted molar refractivity (Wildman–Crippen MR) is 101 cm³/mol. The topological polar surface area (TPSA) is 83.7 Å². The summed E-state index contributed by atoms with van der Waals surface area (Å²) in [6, 6.07) is 11.0. The van der Waals surface area contributed by atoms with Crippen LogP contribution in [0.25, 0.3) is 6.08 Å². The number of rotatable bonds is 5. The average Bonchev–Trinajstić information content (AvgIpc) is 2.67. The first-order valence-corrected chi connectivity index (χ1v) is 8.59. The highest BCUT2D eigenvalue weighted by molar-refractivity contribution is 6.06. The molecule has 1 heterocycles. The van der Waals surface area contributed by atoms with Crippen molar-refractivity contribution in [2.45, 2.75) is 19.3 Å². The zero-order valence-corrected chi connectivity index (χ0v) is 14.3. The number of nitro groups is 1. The quantitative estimate of drug-likeness (QED) is 0.377. The zero-order valence-electron chi connectivity index (χ0n) is 14.3. The maximum absolute atomic E-state index is 12.2. The second kappa shape index (κ2) is 7.82. The van der Waals surface area contributed by atoms with Crippen LogP contribution in [0.4, 0.5) is 11.4 Å². The minimum atomic E-state index is -0.372. The Bertz CT molecular complexity index is 837. The van der Waals surface area contributed by atoms with Gasteiger partial charge < -0.3 is 10.0 Å². The van der Waals surface area contributed by atoms with Crippen molar-refractivity contribution in [1.29, 1.82) is 0 Å². The predicted octanol–water partition coefficient (Wildman–Crippen LogP) is 4.19. The van der Waals surface area contributed by atoms with Gasteiger partial charge >= 0.3 is 0 Å². The maximum atomic E-state index is 12.2. The second-order valence-electron chi connectivity index (χ2n) is 6.30. The molecular weight excluding hydrogens is 332 g/mol. The van der Waals surface area contributed by atoms with Gasteiger partial charge in [-0.05, 0) is 61.2 Å². The molecule has 2 aromatic carbocycles. The third kappa shape index (κ3) is 4.08. The van der Waals surface area contributed by atoms with Crippen LogP contribution in [0.5, 0.6) is 5.75 Å². The lowest BCUT2D eigenvalue weighted by atomic mass is 10.1. The summed E-state index contributed by atoms with van der Waals surface area (Å²) in [5.74, 6) is -0.137. The van der Waals surface area contributed by atoms with Gasteiger partial charge in [-0.15, -0.1) is 0 Å². The van der Waals surface area contributed by atoms with Crippen molar-refractivity contribution in [3.05, 3.63) is 69.8 Å². The number of phenols is 1. The molecule has 0 aliphatic carbocycles. The lowest BCUT2D eigenvalue weighted by molar-refractivity contribution is -0.384. The van der Waals surface area contributed by atoms with E-state index in [2.05, 4.69) is 4.90 Å². The zero-order chi connectivity index (χ0) is 18.5. The van der Waals surface area contributed by atoms with E-state index in [0.29, 0.717) is 16.8 Å². The van der Waals surface area contributed by atoms with Gasteiger partial charge in [0.05, 0.1) is 4.92 Å². The molecule has 1 N–H and O–H groups in total. The smallest absolute Gasteiger partial charge is 0.293 e. The molecule has 0 aromatic heterocycles. The number of carbonyl (C=O) groups excluding carboxylic acids is 1. The molecule has 0 spiro atoms. The van der Waals surface area contributed by atoms with E-state index in [0.717, 1.165) is 32.4 Å². The Hall–Kier alpha value is -3.15. The van der Waals surface area contributed by atoms with Crippen LogP contribution in [0.2, 0.25) is 0 Å². The van der Waals surface area contributed by atoms with Crippen LogP contribution in [0, 0.1) is 10.1 Å². The largest absolute Gasteiger partial charge is 0.508 e. The molecular formula is C20H20N2O4. The number of allylic oxidation sites excluding steroid dienone is 1. The van der Waals surface area contributed by atoms with Crippen molar-refractivity contribution in [2.24, 2.45) is 0 Å². The fourth-order valence-corrected chi connectivity index (χ4v) is 3.09. The lowest BCUT2D eigenvalue weighted by Gasteiger charge is -2.28. The van der Waals surface area contributed by atoms with Gasteiger partial charge in [-0.1, -0.05) is 12.1 Å². The number of nitro benzene ring substituents is 1. The van der Waals surface area contributed by atoms with Crippen LogP contribution in [-0.2, 0) is 0 Å². The van der Waals surface area contributed by atoms with Crippen LogP contribution in [0.3, 0.4) is 0 Å². The molecule has 134 valence electrons. The van der Waals surface area contributed by atoms with Gasteiger partial charge in [-0.3, -0.25) is 14.9 Å². The van der Waals surface area contributed by atoms with Crippen molar-refractivity contribution >= 4 is 23.2 Å². The molecule has 6 nitrogen and oxygen atoms in total. The molecule has 0 radical (unpaired) electrons. The molecule has 1 saturated heterocycles. The highest BCUT2D eigenvalue weighted by Gasteiger charge is 2.21. The molecule has 2 aromatic rings. The molecule has 0 amide bonds. The van der Waals surface area contributed by atoms with E-state index in [1.165, 1.54) is 36.4 Å². The average molecular weight is 352 g/mol. The number of anilines is 1. The van der Waals surface area contributed by atoms with E-state index in [4.69, 9.17) is 0 Å². The molecule has 0 atom stereocenters. The third-order valence-corrected chi connectivity index (χ3v) is 4.47. The standard InChI is InChI=1S/C20H20N2O4/c23-17-8-6-16(7-9-17)20(24)11-5-15-4-10-18(19(14-15)22(25)26)21-12-2-1-3-13-21/h4-11,14,23H,1-3,12-13H2. The van der Waals surface area contributed by atoms with Crippen molar-refractivity contribution in [2.75, 3.05) is 18.0 Å². The number of nitrogens with zero attached hydrogens (tertiary/aromatic N) is 2. The summed E-state index contributed by atoms with van der Waals surface area (Å²) in [6.07, 6.45) is 6.19. The lowest BCUT2D eigenvalue weighted by Crippen LogP contribution is -2.29. The van der Waals surface area contributed by atoms with Gasteiger partial charge in [0.25, 0.3) is 5.69 Å². The van der Waals surface area contributed by atoms with Gasteiger partial charge in [-0.2, -0.15) is 0 Å². The van der Waals surface area contributed by atoms with E-state index < -0.39 is 0 Å². The summed E-state index contributed by atoms with van der Waals surface area (Å²) < 4.78 is 0. The first-order valence-electron chi connectivity index (χ1n) is 8.59. The van der Waals surface area contributed by atoms with Gasteiger partial charge in [0.1, 0.15) is 11.4 Å². The van der Waals surface area contributed by atoms with E-state index in [1.807, 2.05) is 0 Å². The van der Waals surface area contributed by atoms with Gasteiger partial charge in [0.15, 0.2) is 5.78 Å². The first kappa shape index (κ1) is 17.7. The van der Waals surface area contributed by atoms with Crippen LogP contribution in [0.1, 0.15) is 35.2 Å². The molecule has 0 bridgehead atoms. The number of aromatic hydroxyl groups is 1. The molecule has 3 rings (SSSR count). The number of hydrogen-bond donors (Lipinski definition) is 1. The Morgan fingerprint density at radius 3 is 2.42 bits per heavy atom. The van der Waals surface area contributed by atoms with Crippen LogP contribution in [-0.4, -0.2) is 28.9 Å². The number of carbonyl (C=O) groups is 1. The monoisotopic (exact) mass is 352 g/mol.